The van der Waals surface area contributed by atoms with Crippen molar-refractivity contribution < 1.29 is 32.6 Å². The first-order valence-corrected chi connectivity index (χ1v) is 9.37. The summed E-state index contributed by atoms with van der Waals surface area (Å²) in [5.74, 6) is -0.767. The number of ether oxygens (including phenoxy) is 1. The van der Waals surface area contributed by atoms with Crippen LogP contribution in [0.3, 0.4) is 0 Å². The van der Waals surface area contributed by atoms with Crippen molar-refractivity contribution in [1.82, 2.24) is 15.2 Å². The SMILES string of the molecule is CNC(=O)c1csc2c(C(F)(F)F)cc(O[C@@H]3CCN(C(=O)O)[C@@H](C)C3)nc12. The Morgan fingerprint density at radius 1 is 1.43 bits per heavy atom. The van der Waals surface area contributed by atoms with Gasteiger partial charge in [0.25, 0.3) is 5.91 Å². The lowest BCUT2D eigenvalue weighted by Gasteiger charge is -2.35. The molecule has 0 saturated carbocycles. The van der Waals surface area contributed by atoms with Gasteiger partial charge in [0.05, 0.1) is 21.3 Å². The predicted molar refractivity (Wildman–Crippen MR) is 95.9 cm³/mol. The predicted octanol–water partition coefficient (Wildman–Crippen LogP) is 3.58. The quantitative estimate of drug-likeness (QED) is 0.797. The molecule has 0 aromatic carbocycles. The normalized spacial score (nSPS) is 20.2. The van der Waals surface area contributed by atoms with Gasteiger partial charge in [-0.3, -0.25) is 4.79 Å². The van der Waals surface area contributed by atoms with Gasteiger partial charge in [-0.15, -0.1) is 11.3 Å². The number of amides is 2. The number of nitrogens with one attached hydrogen (secondary N) is 1. The molecule has 3 heterocycles. The maximum atomic E-state index is 13.5. The molecular weight excluding hydrogens is 399 g/mol. The van der Waals surface area contributed by atoms with E-state index in [1.165, 1.54) is 17.3 Å². The van der Waals surface area contributed by atoms with E-state index >= 15 is 0 Å². The highest BCUT2D eigenvalue weighted by Gasteiger charge is 2.36. The molecule has 3 rings (SSSR count). The number of carbonyl (C=O) groups is 2. The third-order valence-corrected chi connectivity index (χ3v) is 5.64. The third-order valence-electron chi connectivity index (χ3n) is 4.64. The summed E-state index contributed by atoms with van der Waals surface area (Å²) < 4.78 is 46.1. The summed E-state index contributed by atoms with van der Waals surface area (Å²) in [7, 11) is 1.38. The molecule has 0 aliphatic carbocycles. The Kier molecular flexibility index (Phi) is 5.37. The summed E-state index contributed by atoms with van der Waals surface area (Å²) in [6, 6.07) is 0.505. The second-order valence-electron chi connectivity index (χ2n) is 6.50. The summed E-state index contributed by atoms with van der Waals surface area (Å²) in [5, 5.41) is 12.8. The summed E-state index contributed by atoms with van der Waals surface area (Å²) in [5.41, 5.74) is -0.929. The molecule has 0 spiro atoms. The van der Waals surface area contributed by atoms with Gasteiger partial charge in [-0.05, 0) is 6.92 Å². The third kappa shape index (κ3) is 3.84. The van der Waals surface area contributed by atoms with Crippen LogP contribution in [0.15, 0.2) is 11.4 Å². The first-order chi connectivity index (χ1) is 13.1. The van der Waals surface area contributed by atoms with E-state index in [-0.39, 0.29) is 34.2 Å². The first-order valence-electron chi connectivity index (χ1n) is 8.49. The molecule has 2 atom stereocenters. The van der Waals surface area contributed by atoms with Crippen LogP contribution in [0.25, 0.3) is 10.2 Å². The standard InChI is InChI=1S/C17H18F3N3O4S/c1-8-5-9(3-4-23(8)16(25)26)27-12-6-11(17(18,19)20)14-13(22-12)10(7-28-14)15(24)21-2/h6-9H,3-5H2,1-2H3,(H,21,24)(H,25,26)/t8-,9+/m0/s1. The second kappa shape index (κ2) is 7.46. The van der Waals surface area contributed by atoms with Crippen molar-refractivity contribution in [3.63, 3.8) is 0 Å². The van der Waals surface area contributed by atoms with Gasteiger partial charge in [0.1, 0.15) is 6.10 Å². The van der Waals surface area contributed by atoms with Crippen LogP contribution in [0.5, 0.6) is 5.88 Å². The lowest BCUT2D eigenvalue weighted by molar-refractivity contribution is -0.136. The number of carboxylic acid groups (broad SMARTS) is 1. The molecule has 7 nitrogen and oxygen atoms in total. The average molecular weight is 417 g/mol. The number of alkyl halides is 3. The molecular formula is C17H18F3N3O4S. The van der Waals surface area contributed by atoms with Crippen LogP contribution in [0.4, 0.5) is 18.0 Å². The van der Waals surface area contributed by atoms with Crippen LogP contribution in [0.2, 0.25) is 0 Å². The fraction of sp³-hybridized carbons (Fsp3) is 0.471. The summed E-state index contributed by atoms with van der Waals surface area (Å²) in [6.07, 6.45) is -5.48. The Morgan fingerprint density at radius 2 is 2.14 bits per heavy atom. The largest absolute Gasteiger partial charge is 0.474 e. The van der Waals surface area contributed by atoms with E-state index in [9.17, 15) is 22.8 Å². The van der Waals surface area contributed by atoms with E-state index < -0.39 is 29.8 Å². The van der Waals surface area contributed by atoms with E-state index in [1.54, 1.807) is 6.92 Å². The van der Waals surface area contributed by atoms with Crippen LogP contribution in [0, 0.1) is 0 Å². The Bertz CT molecular complexity index is 915. The lowest BCUT2D eigenvalue weighted by atomic mass is 10.0. The molecule has 0 bridgehead atoms. The van der Waals surface area contributed by atoms with Gasteiger partial charge >= 0.3 is 12.3 Å². The number of halogens is 3. The number of pyridine rings is 1. The van der Waals surface area contributed by atoms with Crippen molar-refractivity contribution in [2.75, 3.05) is 13.6 Å². The maximum absolute atomic E-state index is 13.5. The Hall–Kier alpha value is -2.56. The molecule has 0 unspecified atom stereocenters. The topological polar surface area (TPSA) is 91.8 Å². The number of likely N-dealkylation sites (tertiary alicyclic amines) is 1. The monoisotopic (exact) mass is 417 g/mol. The molecule has 1 aliphatic rings. The molecule has 1 fully saturated rings. The highest BCUT2D eigenvalue weighted by molar-refractivity contribution is 7.17. The van der Waals surface area contributed by atoms with Crippen molar-refractivity contribution in [1.29, 1.82) is 0 Å². The second-order valence-corrected chi connectivity index (χ2v) is 7.38. The summed E-state index contributed by atoms with van der Waals surface area (Å²) in [4.78, 5) is 28.5. The van der Waals surface area contributed by atoms with Gasteiger partial charge in [0.15, 0.2) is 0 Å². The van der Waals surface area contributed by atoms with Gasteiger partial charge in [0.2, 0.25) is 5.88 Å². The highest BCUT2D eigenvalue weighted by Crippen LogP contribution is 2.40. The Labute approximate surface area is 162 Å². The molecule has 1 saturated heterocycles. The number of piperidine rings is 1. The number of rotatable bonds is 3. The van der Waals surface area contributed by atoms with Gasteiger partial charge in [-0.2, -0.15) is 13.2 Å². The molecule has 0 radical (unpaired) electrons. The minimum atomic E-state index is -4.63. The van der Waals surface area contributed by atoms with Crippen LogP contribution in [-0.4, -0.2) is 52.7 Å². The number of nitrogens with zero attached hydrogens (tertiary/aromatic N) is 2. The minimum absolute atomic E-state index is 0.0486. The summed E-state index contributed by atoms with van der Waals surface area (Å²) >= 11 is 0.799. The number of carbonyl (C=O) groups excluding carboxylic acids is 1. The molecule has 152 valence electrons. The molecule has 28 heavy (non-hydrogen) atoms. The van der Waals surface area contributed by atoms with E-state index in [0.29, 0.717) is 12.8 Å². The van der Waals surface area contributed by atoms with Crippen molar-refractivity contribution in [3.8, 4) is 5.88 Å². The van der Waals surface area contributed by atoms with E-state index in [4.69, 9.17) is 9.84 Å². The lowest BCUT2D eigenvalue weighted by Crippen LogP contribution is -2.46. The van der Waals surface area contributed by atoms with E-state index in [0.717, 1.165) is 17.4 Å². The minimum Gasteiger partial charge on any atom is -0.474 e. The molecule has 2 N–H and O–H groups in total. The van der Waals surface area contributed by atoms with E-state index in [2.05, 4.69) is 10.3 Å². The molecule has 11 heteroatoms. The van der Waals surface area contributed by atoms with E-state index in [1.807, 2.05) is 0 Å². The molecule has 2 aromatic heterocycles. The Morgan fingerprint density at radius 3 is 2.71 bits per heavy atom. The van der Waals surface area contributed by atoms with Crippen molar-refractivity contribution in [2.45, 2.75) is 38.1 Å². The van der Waals surface area contributed by atoms with Crippen LogP contribution >= 0.6 is 11.3 Å². The van der Waals surface area contributed by atoms with Crippen LogP contribution < -0.4 is 10.1 Å². The van der Waals surface area contributed by atoms with Crippen LogP contribution in [-0.2, 0) is 6.18 Å². The average Bonchev–Trinajstić information content (AvgIpc) is 3.03. The zero-order valence-electron chi connectivity index (χ0n) is 15.0. The molecule has 2 aromatic rings. The maximum Gasteiger partial charge on any atom is 0.418 e. The molecule has 1 aliphatic heterocycles. The van der Waals surface area contributed by atoms with Crippen molar-refractivity contribution in [3.05, 3.63) is 22.6 Å². The number of aromatic nitrogens is 1. The fourth-order valence-corrected chi connectivity index (χ4v) is 4.27. The number of hydrogen-bond donors (Lipinski definition) is 2. The van der Waals surface area contributed by atoms with Crippen LogP contribution in [0.1, 0.15) is 35.7 Å². The van der Waals surface area contributed by atoms with Gasteiger partial charge in [-0.25, -0.2) is 9.78 Å². The number of thiophene rings is 1. The van der Waals surface area contributed by atoms with Crippen molar-refractivity contribution in [2.24, 2.45) is 0 Å². The fourth-order valence-electron chi connectivity index (χ4n) is 3.24. The van der Waals surface area contributed by atoms with Gasteiger partial charge in [0, 0.05) is 43.9 Å². The zero-order valence-corrected chi connectivity index (χ0v) is 15.9. The first kappa shape index (κ1) is 20.2. The summed E-state index contributed by atoms with van der Waals surface area (Å²) in [6.45, 7) is 1.93. The van der Waals surface area contributed by atoms with Gasteiger partial charge in [-0.1, -0.05) is 0 Å². The number of fused-ring (bicyclic) bond motifs is 1. The smallest absolute Gasteiger partial charge is 0.418 e. The van der Waals surface area contributed by atoms with Gasteiger partial charge < -0.3 is 20.1 Å². The zero-order chi connectivity index (χ0) is 20.6. The van der Waals surface area contributed by atoms with Crippen molar-refractivity contribution >= 4 is 33.6 Å². The number of hydrogen-bond acceptors (Lipinski definition) is 5. The molecule has 2 amide bonds. The Balaban J connectivity index is 1.95. The highest BCUT2D eigenvalue weighted by atomic mass is 32.1.